The average Bonchev–Trinajstić information content (AvgIpc) is 2.91. The molecule has 1 aromatic heterocycles. The maximum absolute atomic E-state index is 12.5. The van der Waals surface area contributed by atoms with Gasteiger partial charge < -0.3 is 5.73 Å². The van der Waals surface area contributed by atoms with E-state index in [9.17, 15) is 8.42 Å². The maximum Gasteiger partial charge on any atom is 0.244 e. The first-order valence-corrected chi connectivity index (χ1v) is 9.06. The number of likely N-dealkylation sites (N-methyl/N-ethyl adjacent to an activating group) is 1. The van der Waals surface area contributed by atoms with Crippen molar-refractivity contribution in [1.29, 1.82) is 0 Å². The second-order valence-corrected chi connectivity index (χ2v) is 8.25. The highest BCUT2D eigenvalue weighted by atomic mass is 79.9. The van der Waals surface area contributed by atoms with E-state index in [0.717, 1.165) is 0 Å². The van der Waals surface area contributed by atoms with Crippen molar-refractivity contribution in [3.05, 3.63) is 45.1 Å². The third-order valence-corrected chi connectivity index (χ3v) is 6.68. The molecule has 0 bridgehead atoms. The van der Waals surface area contributed by atoms with E-state index in [-0.39, 0.29) is 4.90 Å². The zero-order valence-corrected chi connectivity index (χ0v) is 14.1. The van der Waals surface area contributed by atoms with Crippen molar-refractivity contribution in [2.24, 2.45) is 0 Å². The lowest BCUT2D eigenvalue weighted by atomic mass is 10.3. The third kappa shape index (κ3) is 3.41. The highest BCUT2D eigenvalue weighted by Crippen LogP contribution is 2.26. The molecule has 0 spiro atoms. The van der Waals surface area contributed by atoms with Crippen LogP contribution in [0.25, 0.3) is 0 Å². The summed E-state index contributed by atoms with van der Waals surface area (Å²) in [5.41, 5.74) is 6.10. The van der Waals surface area contributed by atoms with Gasteiger partial charge in [-0.1, -0.05) is 6.07 Å². The van der Waals surface area contributed by atoms with Crippen LogP contribution in [0.1, 0.15) is 4.88 Å². The van der Waals surface area contributed by atoms with Gasteiger partial charge in [0.25, 0.3) is 0 Å². The number of thiophene rings is 1. The van der Waals surface area contributed by atoms with Crippen LogP contribution in [0.3, 0.4) is 0 Å². The summed E-state index contributed by atoms with van der Waals surface area (Å²) in [6.45, 7) is 0.435. The van der Waals surface area contributed by atoms with Gasteiger partial charge in [-0.15, -0.1) is 11.3 Å². The Labute approximate surface area is 131 Å². The standard InChI is InChI=1S/C13H15BrN2O2S2/c1-16(7-6-11-3-2-8-19-11)20(17,18)13-9-10(15)4-5-12(13)14/h2-5,8-9H,6-7,15H2,1H3. The molecule has 2 N–H and O–H groups in total. The summed E-state index contributed by atoms with van der Waals surface area (Å²) < 4.78 is 26.9. The van der Waals surface area contributed by atoms with Crippen molar-refractivity contribution >= 4 is 43.0 Å². The smallest absolute Gasteiger partial charge is 0.244 e. The number of nitrogens with two attached hydrogens (primary N) is 1. The van der Waals surface area contributed by atoms with E-state index in [1.807, 2.05) is 17.5 Å². The lowest BCUT2D eigenvalue weighted by Gasteiger charge is -2.18. The lowest BCUT2D eigenvalue weighted by Crippen LogP contribution is -2.29. The lowest BCUT2D eigenvalue weighted by molar-refractivity contribution is 0.473. The molecular formula is C13H15BrN2O2S2. The first kappa shape index (κ1) is 15.5. The molecule has 2 rings (SSSR count). The highest BCUT2D eigenvalue weighted by Gasteiger charge is 2.23. The molecule has 0 saturated heterocycles. The molecule has 2 aromatic rings. The van der Waals surface area contributed by atoms with E-state index >= 15 is 0 Å². The Morgan fingerprint density at radius 1 is 1.35 bits per heavy atom. The summed E-state index contributed by atoms with van der Waals surface area (Å²) in [5, 5.41) is 1.98. The highest BCUT2D eigenvalue weighted by molar-refractivity contribution is 9.10. The molecule has 0 radical (unpaired) electrons. The maximum atomic E-state index is 12.5. The minimum absolute atomic E-state index is 0.200. The monoisotopic (exact) mass is 374 g/mol. The molecule has 7 heteroatoms. The van der Waals surface area contributed by atoms with Crippen molar-refractivity contribution in [3.63, 3.8) is 0 Å². The first-order chi connectivity index (χ1) is 9.41. The molecule has 0 amide bonds. The molecule has 1 aromatic carbocycles. The minimum atomic E-state index is -3.53. The normalized spacial score (nSPS) is 11.9. The van der Waals surface area contributed by atoms with E-state index in [4.69, 9.17) is 5.73 Å². The second kappa shape index (κ2) is 6.26. The summed E-state index contributed by atoms with van der Waals surface area (Å²) in [4.78, 5) is 1.37. The molecule has 108 valence electrons. The Morgan fingerprint density at radius 3 is 2.75 bits per heavy atom. The quantitative estimate of drug-likeness (QED) is 0.818. The fourth-order valence-electron chi connectivity index (χ4n) is 1.73. The molecule has 0 aliphatic carbocycles. The van der Waals surface area contributed by atoms with Gasteiger partial charge in [-0.25, -0.2) is 12.7 Å². The van der Waals surface area contributed by atoms with Crippen molar-refractivity contribution in [3.8, 4) is 0 Å². The second-order valence-electron chi connectivity index (χ2n) is 4.35. The zero-order valence-electron chi connectivity index (χ0n) is 10.9. The number of rotatable bonds is 5. The zero-order chi connectivity index (χ0) is 14.8. The average molecular weight is 375 g/mol. The molecule has 1 heterocycles. The van der Waals surface area contributed by atoms with Crippen molar-refractivity contribution in [2.45, 2.75) is 11.3 Å². The number of anilines is 1. The molecule has 0 fully saturated rings. The van der Waals surface area contributed by atoms with E-state index in [1.165, 1.54) is 15.2 Å². The van der Waals surface area contributed by atoms with Crippen LogP contribution in [0.15, 0.2) is 45.1 Å². The van der Waals surface area contributed by atoms with Crippen molar-refractivity contribution in [2.75, 3.05) is 19.3 Å². The number of sulfonamides is 1. The molecule has 0 aliphatic rings. The molecule has 0 aliphatic heterocycles. The van der Waals surface area contributed by atoms with Crippen molar-refractivity contribution in [1.82, 2.24) is 4.31 Å². The molecule has 4 nitrogen and oxygen atoms in total. The fourth-order valence-corrected chi connectivity index (χ4v) is 4.55. The van der Waals surface area contributed by atoms with Crippen LogP contribution in [0.5, 0.6) is 0 Å². The Hall–Kier alpha value is -0.890. The van der Waals surface area contributed by atoms with Crippen LogP contribution in [-0.4, -0.2) is 26.3 Å². The summed E-state index contributed by atoms with van der Waals surface area (Å²) >= 11 is 4.89. The van der Waals surface area contributed by atoms with Gasteiger partial charge in [0.05, 0.1) is 4.90 Å². The SMILES string of the molecule is CN(CCc1cccs1)S(=O)(=O)c1cc(N)ccc1Br. The summed E-state index contributed by atoms with van der Waals surface area (Å²) in [7, 11) is -1.95. The number of benzene rings is 1. The van der Waals surface area contributed by atoms with E-state index < -0.39 is 10.0 Å². The number of halogens is 1. The summed E-state index contributed by atoms with van der Waals surface area (Å²) in [6.07, 6.45) is 0.702. The van der Waals surface area contributed by atoms with Crippen LogP contribution in [0.2, 0.25) is 0 Å². The first-order valence-electron chi connectivity index (χ1n) is 5.95. The Balaban J connectivity index is 2.18. The van der Waals surface area contributed by atoms with Gasteiger partial charge in [-0.2, -0.15) is 0 Å². The van der Waals surface area contributed by atoms with E-state index in [0.29, 0.717) is 23.1 Å². The molecular weight excluding hydrogens is 360 g/mol. The van der Waals surface area contributed by atoms with Gasteiger partial charge in [0.2, 0.25) is 10.0 Å². The van der Waals surface area contributed by atoms with Crippen molar-refractivity contribution < 1.29 is 8.42 Å². The van der Waals surface area contributed by atoms with Gasteiger partial charge in [-0.05, 0) is 52.0 Å². The van der Waals surface area contributed by atoms with Gasteiger partial charge in [0.15, 0.2) is 0 Å². The number of hydrogen-bond acceptors (Lipinski definition) is 4. The Kier molecular flexibility index (Phi) is 4.85. The summed E-state index contributed by atoms with van der Waals surface area (Å²) in [5.74, 6) is 0. The fraction of sp³-hybridized carbons (Fsp3) is 0.231. The molecule has 0 saturated carbocycles. The van der Waals surface area contributed by atoms with Crippen LogP contribution < -0.4 is 5.73 Å². The van der Waals surface area contributed by atoms with Crippen LogP contribution in [0, 0.1) is 0 Å². The van der Waals surface area contributed by atoms with Gasteiger partial charge in [-0.3, -0.25) is 0 Å². The number of nitrogen functional groups attached to an aromatic ring is 1. The molecule has 20 heavy (non-hydrogen) atoms. The number of hydrogen-bond donors (Lipinski definition) is 1. The minimum Gasteiger partial charge on any atom is -0.399 e. The molecule has 0 atom stereocenters. The number of nitrogens with zero attached hydrogens (tertiary/aromatic N) is 1. The van der Waals surface area contributed by atoms with Crippen LogP contribution >= 0.6 is 27.3 Å². The van der Waals surface area contributed by atoms with Gasteiger partial charge in [0, 0.05) is 28.6 Å². The van der Waals surface area contributed by atoms with Crippen LogP contribution in [-0.2, 0) is 16.4 Å². The predicted octanol–water partition coefficient (Wildman–Crippen LogP) is 2.96. The molecule has 0 unspecified atom stereocenters. The van der Waals surface area contributed by atoms with Gasteiger partial charge >= 0.3 is 0 Å². The van der Waals surface area contributed by atoms with E-state index in [1.54, 1.807) is 30.5 Å². The summed E-state index contributed by atoms with van der Waals surface area (Å²) in [6, 6.07) is 8.75. The topological polar surface area (TPSA) is 63.4 Å². The van der Waals surface area contributed by atoms with Gasteiger partial charge in [0.1, 0.15) is 0 Å². The third-order valence-electron chi connectivity index (χ3n) is 2.90. The Bertz CT molecular complexity index is 684. The Morgan fingerprint density at radius 2 is 2.10 bits per heavy atom. The van der Waals surface area contributed by atoms with Crippen LogP contribution in [0.4, 0.5) is 5.69 Å². The van der Waals surface area contributed by atoms with E-state index in [2.05, 4.69) is 15.9 Å². The largest absolute Gasteiger partial charge is 0.399 e. The predicted molar refractivity (Wildman–Crippen MR) is 86.4 cm³/mol.